The number of anilines is 1. The monoisotopic (exact) mass is 540 g/mol. The first kappa shape index (κ1) is 24.2. The van der Waals surface area contributed by atoms with E-state index in [1.165, 1.54) is 9.80 Å². The number of carboxylic acids is 1. The Hall–Kier alpha value is -1.94. The molecule has 3 aliphatic heterocycles. The molecule has 1 aromatic carbocycles. The van der Waals surface area contributed by atoms with E-state index in [4.69, 9.17) is 16.3 Å². The van der Waals surface area contributed by atoms with Gasteiger partial charge in [0.15, 0.2) is 0 Å². The minimum absolute atomic E-state index is 0.126. The van der Waals surface area contributed by atoms with Crippen LogP contribution in [0.2, 0.25) is 5.02 Å². The number of aliphatic hydroxyl groups excluding tert-OH is 1. The van der Waals surface area contributed by atoms with Crippen LogP contribution in [-0.4, -0.2) is 74.7 Å². The van der Waals surface area contributed by atoms with Crippen LogP contribution in [0.1, 0.15) is 19.8 Å². The second-order valence-corrected chi connectivity index (χ2v) is 10.3. The molecule has 10 heteroatoms. The quantitative estimate of drug-likeness (QED) is 0.387. The maximum absolute atomic E-state index is 14.2. The Bertz CT molecular complexity index is 987. The van der Waals surface area contributed by atoms with E-state index in [0.29, 0.717) is 23.6 Å². The van der Waals surface area contributed by atoms with Crippen LogP contribution in [0.3, 0.4) is 0 Å². The molecule has 2 N–H and O–H groups in total. The Morgan fingerprint density at radius 2 is 2.15 bits per heavy atom. The Kier molecular flexibility index (Phi) is 6.61. The summed E-state index contributed by atoms with van der Waals surface area (Å²) < 4.78 is 6.26. The normalized spacial score (nSPS) is 33.2. The van der Waals surface area contributed by atoms with Crippen molar-refractivity contribution in [2.45, 2.75) is 48.4 Å². The van der Waals surface area contributed by atoms with Crippen LogP contribution < -0.4 is 4.90 Å². The molecule has 7 atom stereocenters. The molecule has 4 rings (SSSR count). The zero-order valence-electron chi connectivity index (χ0n) is 18.1. The Morgan fingerprint density at radius 1 is 1.45 bits per heavy atom. The summed E-state index contributed by atoms with van der Waals surface area (Å²) in [6.07, 6.45) is 1.52. The largest absolute Gasteiger partial charge is 0.481 e. The zero-order chi connectivity index (χ0) is 24.1. The van der Waals surface area contributed by atoms with Gasteiger partial charge < -0.3 is 24.7 Å². The van der Waals surface area contributed by atoms with Crippen molar-refractivity contribution in [1.82, 2.24) is 4.90 Å². The molecule has 33 heavy (non-hydrogen) atoms. The van der Waals surface area contributed by atoms with Gasteiger partial charge >= 0.3 is 5.97 Å². The standard InChI is InChI=1S/C23H26BrClN2O6/c1-3-9-26(15-8-6-5-7-14(15)25)21(30)19-23-10-13(24)18(33-23)16(22(31)32)17(23)20(29)27(19)12(4-2)11-28/h3,5-8,12-13,16-19,28H,1,4,9-11H2,2H3,(H,31,32)/t12-,13?,16+,17-,18+,19+,23-/m0/s1. The summed E-state index contributed by atoms with van der Waals surface area (Å²) in [5.41, 5.74) is -0.870. The van der Waals surface area contributed by atoms with Gasteiger partial charge in [-0.1, -0.05) is 52.7 Å². The third kappa shape index (κ3) is 3.51. The lowest BCUT2D eigenvalue weighted by molar-refractivity contribution is -0.150. The fourth-order valence-corrected chi connectivity index (χ4v) is 6.87. The van der Waals surface area contributed by atoms with Crippen molar-refractivity contribution in [3.05, 3.63) is 41.9 Å². The minimum Gasteiger partial charge on any atom is -0.481 e. The average Bonchev–Trinajstić information content (AvgIpc) is 3.37. The van der Waals surface area contributed by atoms with Gasteiger partial charge in [0.25, 0.3) is 5.91 Å². The highest BCUT2D eigenvalue weighted by Crippen LogP contribution is 2.60. The van der Waals surface area contributed by atoms with Gasteiger partial charge in [-0.25, -0.2) is 0 Å². The van der Waals surface area contributed by atoms with Gasteiger partial charge in [-0.15, -0.1) is 6.58 Å². The number of aliphatic hydroxyl groups is 1. The van der Waals surface area contributed by atoms with E-state index in [1.54, 1.807) is 37.3 Å². The fourth-order valence-electron chi connectivity index (χ4n) is 5.69. The van der Waals surface area contributed by atoms with Crippen molar-refractivity contribution in [3.8, 4) is 0 Å². The molecule has 2 bridgehead atoms. The lowest BCUT2D eigenvalue weighted by Gasteiger charge is -2.39. The highest BCUT2D eigenvalue weighted by atomic mass is 79.9. The number of ether oxygens (including phenoxy) is 1. The molecule has 3 saturated heterocycles. The number of hydrogen-bond acceptors (Lipinski definition) is 5. The maximum Gasteiger partial charge on any atom is 0.310 e. The number of carboxylic acid groups (broad SMARTS) is 1. The van der Waals surface area contributed by atoms with Crippen molar-refractivity contribution in [1.29, 1.82) is 0 Å². The number of para-hydroxylation sites is 1. The third-order valence-corrected chi connectivity index (χ3v) is 8.21. The Labute approximate surface area is 205 Å². The molecule has 0 aromatic heterocycles. The number of hydrogen-bond donors (Lipinski definition) is 2. The molecule has 2 amide bonds. The van der Waals surface area contributed by atoms with E-state index < -0.39 is 53.4 Å². The number of carbonyl (C=O) groups excluding carboxylic acids is 2. The fraction of sp³-hybridized carbons (Fsp3) is 0.522. The number of fused-ring (bicyclic) bond motifs is 1. The summed E-state index contributed by atoms with van der Waals surface area (Å²) in [4.78, 5) is 42.5. The number of aliphatic carboxylic acids is 1. The summed E-state index contributed by atoms with van der Waals surface area (Å²) in [6.45, 7) is 5.32. The van der Waals surface area contributed by atoms with Gasteiger partial charge in [-0.2, -0.15) is 0 Å². The highest BCUT2D eigenvalue weighted by molar-refractivity contribution is 9.09. The number of benzene rings is 1. The molecule has 0 aliphatic carbocycles. The van der Waals surface area contributed by atoms with Crippen LogP contribution in [-0.2, 0) is 19.1 Å². The van der Waals surface area contributed by atoms with E-state index in [-0.39, 0.29) is 18.0 Å². The molecule has 0 radical (unpaired) electrons. The third-order valence-electron chi connectivity index (χ3n) is 7.04. The molecule has 3 heterocycles. The number of amides is 2. The molecule has 3 fully saturated rings. The molecular weight excluding hydrogens is 516 g/mol. The molecule has 0 saturated carbocycles. The van der Waals surface area contributed by atoms with Crippen molar-refractivity contribution >= 4 is 51.0 Å². The molecule has 1 aromatic rings. The first-order valence-electron chi connectivity index (χ1n) is 10.9. The molecule has 3 aliphatic rings. The van der Waals surface area contributed by atoms with E-state index in [0.717, 1.165) is 0 Å². The topological polar surface area (TPSA) is 107 Å². The first-order valence-corrected chi connectivity index (χ1v) is 12.2. The summed E-state index contributed by atoms with van der Waals surface area (Å²) in [7, 11) is 0. The number of likely N-dealkylation sites (tertiary alicyclic amines) is 1. The average molecular weight is 542 g/mol. The van der Waals surface area contributed by atoms with Crippen LogP contribution >= 0.6 is 27.5 Å². The minimum atomic E-state index is -1.32. The molecule has 178 valence electrons. The summed E-state index contributed by atoms with van der Waals surface area (Å²) in [5.74, 6) is -4.15. The van der Waals surface area contributed by atoms with E-state index in [1.807, 2.05) is 0 Å². The van der Waals surface area contributed by atoms with Gasteiger partial charge in [0, 0.05) is 11.4 Å². The smallest absolute Gasteiger partial charge is 0.310 e. The van der Waals surface area contributed by atoms with Gasteiger partial charge in [0.05, 0.1) is 41.3 Å². The van der Waals surface area contributed by atoms with Crippen LogP contribution in [0, 0.1) is 11.8 Å². The summed E-state index contributed by atoms with van der Waals surface area (Å²) in [5, 5.41) is 20.3. The van der Waals surface area contributed by atoms with Crippen molar-refractivity contribution in [3.63, 3.8) is 0 Å². The van der Waals surface area contributed by atoms with Crippen molar-refractivity contribution in [2.75, 3.05) is 18.1 Å². The van der Waals surface area contributed by atoms with Crippen LogP contribution in [0.4, 0.5) is 5.69 Å². The van der Waals surface area contributed by atoms with Crippen LogP contribution in [0.25, 0.3) is 0 Å². The highest BCUT2D eigenvalue weighted by Gasteiger charge is 2.77. The molecule has 1 unspecified atom stereocenters. The Morgan fingerprint density at radius 3 is 2.73 bits per heavy atom. The first-order chi connectivity index (χ1) is 15.7. The lowest BCUT2D eigenvalue weighted by atomic mass is 9.70. The predicted molar refractivity (Wildman–Crippen MR) is 125 cm³/mol. The van der Waals surface area contributed by atoms with Gasteiger partial charge in [-0.05, 0) is 25.0 Å². The molecule has 1 spiro atoms. The number of carbonyl (C=O) groups is 3. The van der Waals surface area contributed by atoms with E-state index >= 15 is 0 Å². The number of alkyl halides is 1. The number of halogens is 2. The van der Waals surface area contributed by atoms with Crippen molar-refractivity contribution in [2.24, 2.45) is 11.8 Å². The second kappa shape index (κ2) is 9.02. The number of rotatable bonds is 8. The molecular formula is C23H26BrClN2O6. The van der Waals surface area contributed by atoms with Crippen molar-refractivity contribution < 1.29 is 29.3 Å². The maximum atomic E-state index is 14.2. The second-order valence-electron chi connectivity index (χ2n) is 8.68. The Balaban J connectivity index is 1.86. The predicted octanol–water partition coefficient (Wildman–Crippen LogP) is 2.46. The SMILES string of the molecule is C=CCN(C(=O)[C@H]1N([C@@H](CC)CO)C(=O)[C@@H]2[C@@H](C(=O)O)[C@@H]3O[C@@]21CC3Br)c1ccccc1Cl. The molecule has 8 nitrogen and oxygen atoms in total. The summed E-state index contributed by atoms with van der Waals surface area (Å²) in [6, 6.07) is 5.08. The van der Waals surface area contributed by atoms with E-state index in [2.05, 4.69) is 22.5 Å². The van der Waals surface area contributed by atoms with Gasteiger partial charge in [-0.3, -0.25) is 14.4 Å². The van der Waals surface area contributed by atoms with Crippen LogP contribution in [0.15, 0.2) is 36.9 Å². The van der Waals surface area contributed by atoms with E-state index in [9.17, 15) is 24.6 Å². The number of nitrogens with zero attached hydrogens (tertiary/aromatic N) is 2. The van der Waals surface area contributed by atoms with Gasteiger partial charge in [0.1, 0.15) is 11.6 Å². The van der Waals surface area contributed by atoms with Crippen LogP contribution in [0.5, 0.6) is 0 Å². The van der Waals surface area contributed by atoms with Gasteiger partial charge in [0.2, 0.25) is 5.91 Å². The summed E-state index contributed by atoms with van der Waals surface area (Å²) >= 11 is 9.92. The zero-order valence-corrected chi connectivity index (χ0v) is 20.4. The lowest BCUT2D eigenvalue weighted by Crippen LogP contribution is -2.59.